The highest BCUT2D eigenvalue weighted by molar-refractivity contribution is 9.10. The van der Waals surface area contributed by atoms with Crippen LogP contribution in [0.15, 0.2) is 4.47 Å². The van der Waals surface area contributed by atoms with E-state index >= 15 is 0 Å². The molecule has 0 aromatic carbocycles. The van der Waals surface area contributed by atoms with Crippen molar-refractivity contribution in [3.05, 3.63) is 15.9 Å². The Morgan fingerprint density at radius 2 is 2.22 bits per heavy atom. The molecule has 102 valence electrons. The summed E-state index contributed by atoms with van der Waals surface area (Å²) in [5.41, 5.74) is 8.25. The summed E-state index contributed by atoms with van der Waals surface area (Å²) in [5, 5.41) is 4.46. The number of hydrogen-bond acceptors (Lipinski definition) is 3. The lowest BCUT2D eigenvalue weighted by Crippen LogP contribution is -2.48. The van der Waals surface area contributed by atoms with Gasteiger partial charge in [-0.3, -0.25) is 9.58 Å². The lowest BCUT2D eigenvalue weighted by Gasteiger charge is -2.39. The van der Waals surface area contributed by atoms with Gasteiger partial charge in [0, 0.05) is 26.2 Å². The maximum Gasteiger partial charge on any atom is 0.0739 e. The number of aryl methyl sites for hydroxylation is 2. The number of hydrogen-bond donors (Lipinski definition) is 1. The molecule has 1 aliphatic heterocycles. The van der Waals surface area contributed by atoms with Crippen LogP contribution in [0.3, 0.4) is 0 Å². The van der Waals surface area contributed by atoms with E-state index in [9.17, 15) is 0 Å². The maximum atomic E-state index is 5.94. The first-order chi connectivity index (χ1) is 8.54. The fraction of sp³-hybridized carbons (Fsp3) is 0.769. The highest BCUT2D eigenvalue weighted by Gasteiger charge is 2.28. The summed E-state index contributed by atoms with van der Waals surface area (Å²) in [6.45, 7) is 7.17. The Bertz CT molecular complexity index is 415. The molecule has 2 N–H and O–H groups in total. The fourth-order valence-electron chi connectivity index (χ4n) is 2.96. The average Bonchev–Trinajstić information content (AvgIpc) is 2.56. The predicted molar refractivity (Wildman–Crippen MR) is 77.3 cm³/mol. The van der Waals surface area contributed by atoms with Crippen molar-refractivity contribution >= 4 is 15.9 Å². The lowest BCUT2D eigenvalue weighted by molar-refractivity contribution is 0.0963. The van der Waals surface area contributed by atoms with Crippen molar-refractivity contribution in [2.75, 3.05) is 13.1 Å². The minimum absolute atomic E-state index is 0.501. The molecule has 1 aliphatic rings. The largest absolute Gasteiger partial charge is 0.329 e. The van der Waals surface area contributed by atoms with Gasteiger partial charge in [0.05, 0.1) is 15.9 Å². The molecule has 1 fully saturated rings. The normalized spacial score (nSPS) is 25.6. The van der Waals surface area contributed by atoms with Gasteiger partial charge in [0.15, 0.2) is 0 Å². The van der Waals surface area contributed by atoms with E-state index in [1.807, 2.05) is 18.7 Å². The van der Waals surface area contributed by atoms with E-state index in [1.165, 1.54) is 18.5 Å². The highest BCUT2D eigenvalue weighted by Crippen LogP contribution is 2.27. The Morgan fingerprint density at radius 3 is 2.78 bits per heavy atom. The number of halogens is 1. The Labute approximate surface area is 118 Å². The van der Waals surface area contributed by atoms with Crippen molar-refractivity contribution in [2.45, 2.75) is 39.3 Å². The summed E-state index contributed by atoms with van der Waals surface area (Å²) in [6.07, 6.45) is 2.57. The van der Waals surface area contributed by atoms with Crippen LogP contribution in [0, 0.1) is 12.8 Å². The molecule has 0 bridgehead atoms. The van der Waals surface area contributed by atoms with E-state index in [0.717, 1.165) is 29.8 Å². The molecule has 0 spiro atoms. The molecule has 0 amide bonds. The molecule has 0 radical (unpaired) electrons. The first-order valence-corrected chi connectivity index (χ1v) is 7.46. The molecule has 2 atom stereocenters. The van der Waals surface area contributed by atoms with Gasteiger partial charge in [-0.05, 0) is 48.2 Å². The summed E-state index contributed by atoms with van der Waals surface area (Å²) in [7, 11) is 2.01. The van der Waals surface area contributed by atoms with Crippen molar-refractivity contribution < 1.29 is 0 Å². The molecular formula is C13H23BrN4. The zero-order valence-electron chi connectivity index (χ0n) is 11.5. The van der Waals surface area contributed by atoms with E-state index in [4.69, 9.17) is 5.73 Å². The first-order valence-electron chi connectivity index (χ1n) is 6.66. The van der Waals surface area contributed by atoms with Crippen LogP contribution in [0.4, 0.5) is 0 Å². The number of rotatable bonds is 3. The van der Waals surface area contributed by atoms with Crippen molar-refractivity contribution in [3.8, 4) is 0 Å². The summed E-state index contributed by atoms with van der Waals surface area (Å²) < 4.78 is 3.12. The van der Waals surface area contributed by atoms with E-state index in [2.05, 4.69) is 32.9 Å². The number of nitrogens with zero attached hydrogens (tertiary/aromatic N) is 3. The third-order valence-electron chi connectivity index (χ3n) is 4.09. The molecular weight excluding hydrogens is 292 g/mol. The number of nitrogens with two attached hydrogens (primary N) is 1. The van der Waals surface area contributed by atoms with E-state index in [1.54, 1.807) is 0 Å². The number of aromatic nitrogens is 2. The zero-order valence-corrected chi connectivity index (χ0v) is 13.1. The molecule has 0 aliphatic carbocycles. The minimum Gasteiger partial charge on any atom is -0.329 e. The van der Waals surface area contributed by atoms with Crippen LogP contribution < -0.4 is 5.73 Å². The third kappa shape index (κ3) is 2.63. The average molecular weight is 315 g/mol. The Hall–Kier alpha value is -0.390. The number of piperidine rings is 1. The molecule has 5 heteroatoms. The van der Waals surface area contributed by atoms with Crippen LogP contribution in [-0.4, -0.2) is 33.8 Å². The molecule has 1 saturated heterocycles. The van der Waals surface area contributed by atoms with Gasteiger partial charge in [-0.2, -0.15) is 5.10 Å². The van der Waals surface area contributed by atoms with Gasteiger partial charge in [0.25, 0.3) is 0 Å². The SMILES string of the molecule is Cc1nn(C)c(CN2CCCC(C)C2CN)c1Br. The van der Waals surface area contributed by atoms with E-state index in [0.29, 0.717) is 12.0 Å². The zero-order chi connectivity index (χ0) is 13.3. The summed E-state index contributed by atoms with van der Waals surface area (Å²) in [5.74, 6) is 0.692. The summed E-state index contributed by atoms with van der Waals surface area (Å²) in [6, 6.07) is 0.501. The second-order valence-electron chi connectivity index (χ2n) is 5.36. The van der Waals surface area contributed by atoms with Crippen LogP contribution in [0.2, 0.25) is 0 Å². The summed E-state index contributed by atoms with van der Waals surface area (Å²) in [4.78, 5) is 2.51. The molecule has 1 aromatic heterocycles. The lowest BCUT2D eigenvalue weighted by atomic mass is 9.90. The standard InChI is InChI=1S/C13H23BrN4/c1-9-5-4-6-18(11(9)7-15)8-12-13(14)10(2)16-17(12)3/h9,11H,4-8,15H2,1-3H3. The van der Waals surface area contributed by atoms with Crippen molar-refractivity contribution in [3.63, 3.8) is 0 Å². The Morgan fingerprint density at radius 1 is 1.50 bits per heavy atom. The van der Waals surface area contributed by atoms with Crippen LogP contribution in [0.1, 0.15) is 31.2 Å². The van der Waals surface area contributed by atoms with Crippen molar-refractivity contribution in [1.82, 2.24) is 14.7 Å². The molecule has 2 heterocycles. The second-order valence-corrected chi connectivity index (χ2v) is 6.16. The first kappa shape index (κ1) is 14.0. The number of likely N-dealkylation sites (tertiary alicyclic amines) is 1. The van der Waals surface area contributed by atoms with Crippen LogP contribution in [0.5, 0.6) is 0 Å². The van der Waals surface area contributed by atoms with Gasteiger partial charge < -0.3 is 5.73 Å². The minimum atomic E-state index is 0.501. The van der Waals surface area contributed by atoms with Gasteiger partial charge in [0.2, 0.25) is 0 Å². The Balaban J connectivity index is 2.16. The second kappa shape index (κ2) is 5.72. The van der Waals surface area contributed by atoms with Gasteiger partial charge >= 0.3 is 0 Å². The third-order valence-corrected chi connectivity index (χ3v) is 5.12. The summed E-state index contributed by atoms with van der Waals surface area (Å²) >= 11 is 3.64. The van der Waals surface area contributed by atoms with Crippen molar-refractivity contribution in [1.29, 1.82) is 0 Å². The molecule has 2 unspecified atom stereocenters. The predicted octanol–water partition coefficient (Wildman–Crippen LogP) is 2.05. The molecule has 18 heavy (non-hydrogen) atoms. The molecule has 4 nitrogen and oxygen atoms in total. The smallest absolute Gasteiger partial charge is 0.0739 e. The van der Waals surface area contributed by atoms with E-state index < -0.39 is 0 Å². The van der Waals surface area contributed by atoms with Gasteiger partial charge in [-0.15, -0.1) is 0 Å². The van der Waals surface area contributed by atoms with Gasteiger partial charge in [-0.1, -0.05) is 6.92 Å². The monoisotopic (exact) mass is 314 g/mol. The quantitative estimate of drug-likeness (QED) is 0.929. The topological polar surface area (TPSA) is 47.1 Å². The van der Waals surface area contributed by atoms with Gasteiger partial charge in [0.1, 0.15) is 0 Å². The molecule has 2 rings (SSSR count). The van der Waals surface area contributed by atoms with Crippen LogP contribution in [-0.2, 0) is 13.6 Å². The highest BCUT2D eigenvalue weighted by atomic mass is 79.9. The fourth-order valence-corrected chi connectivity index (χ4v) is 3.42. The van der Waals surface area contributed by atoms with E-state index in [-0.39, 0.29) is 0 Å². The Kier molecular flexibility index (Phi) is 4.45. The van der Waals surface area contributed by atoms with Gasteiger partial charge in [-0.25, -0.2) is 0 Å². The van der Waals surface area contributed by atoms with Crippen LogP contribution >= 0.6 is 15.9 Å². The molecule has 0 saturated carbocycles. The molecule has 1 aromatic rings. The van der Waals surface area contributed by atoms with Crippen LogP contribution in [0.25, 0.3) is 0 Å². The van der Waals surface area contributed by atoms with Crippen molar-refractivity contribution in [2.24, 2.45) is 18.7 Å². The maximum absolute atomic E-state index is 5.94.